The van der Waals surface area contributed by atoms with Crippen molar-refractivity contribution in [2.75, 3.05) is 13.1 Å². The molecular formula is C16H29N5O3. The van der Waals surface area contributed by atoms with E-state index in [2.05, 4.69) is 10.0 Å². The fourth-order valence-electron chi connectivity index (χ4n) is 2.25. The molecular weight excluding hydrogens is 310 g/mol. The van der Waals surface area contributed by atoms with Gasteiger partial charge in [-0.25, -0.2) is 0 Å². The third-order valence-electron chi connectivity index (χ3n) is 3.69. The summed E-state index contributed by atoms with van der Waals surface area (Å²) in [5, 5.41) is 3.38. The Bertz CT molecular complexity index is 461. The topological polar surface area (TPSA) is 129 Å². The summed E-state index contributed by atoms with van der Waals surface area (Å²) >= 11 is 0. The van der Waals surface area contributed by atoms with E-state index >= 15 is 0 Å². The molecule has 0 aromatic rings. The van der Waals surface area contributed by atoms with E-state index in [-0.39, 0.29) is 30.6 Å². The average Bonchev–Trinajstić information content (AvgIpc) is 2.55. The van der Waals surface area contributed by atoms with Gasteiger partial charge in [0.1, 0.15) is 5.78 Å². The van der Waals surface area contributed by atoms with E-state index in [0.29, 0.717) is 38.6 Å². The second-order valence-corrected chi connectivity index (χ2v) is 5.81. The molecule has 8 nitrogen and oxygen atoms in total. The zero-order chi connectivity index (χ0) is 18.4. The van der Waals surface area contributed by atoms with Crippen LogP contribution in [0.5, 0.6) is 0 Å². The van der Waals surface area contributed by atoms with Crippen LogP contribution in [0.25, 0.3) is 10.4 Å². The predicted molar refractivity (Wildman–Crippen MR) is 92.0 cm³/mol. The van der Waals surface area contributed by atoms with Gasteiger partial charge in [0, 0.05) is 30.8 Å². The molecule has 1 atom stereocenters. The van der Waals surface area contributed by atoms with Crippen LogP contribution >= 0.6 is 0 Å². The normalized spacial score (nSPS) is 11.5. The standard InChI is InChI=1S/C16H29N5O3/c1-3-12-21(16(24)10-7-11-19-20-18)15(23)9-6-4-5-8-14(17)13(2)22/h14H,3-12,17H2,1-2H3/t14-/m0/s1. The molecule has 136 valence electrons. The molecule has 2 amide bonds. The van der Waals surface area contributed by atoms with Crippen molar-refractivity contribution in [3.63, 3.8) is 0 Å². The van der Waals surface area contributed by atoms with Gasteiger partial charge in [0.05, 0.1) is 6.04 Å². The fraction of sp³-hybridized carbons (Fsp3) is 0.812. The lowest BCUT2D eigenvalue weighted by atomic mass is 10.0. The highest BCUT2D eigenvalue weighted by molar-refractivity contribution is 5.95. The van der Waals surface area contributed by atoms with Crippen LogP contribution in [-0.4, -0.2) is 41.6 Å². The molecule has 0 aliphatic rings. The van der Waals surface area contributed by atoms with Gasteiger partial charge >= 0.3 is 0 Å². The summed E-state index contributed by atoms with van der Waals surface area (Å²) in [6, 6.07) is -0.421. The number of hydrogen-bond acceptors (Lipinski definition) is 5. The van der Waals surface area contributed by atoms with Gasteiger partial charge in [-0.2, -0.15) is 0 Å². The van der Waals surface area contributed by atoms with Crippen molar-refractivity contribution in [2.45, 2.75) is 71.3 Å². The second-order valence-electron chi connectivity index (χ2n) is 5.81. The number of ketones is 1. The van der Waals surface area contributed by atoms with E-state index in [1.807, 2.05) is 6.92 Å². The highest BCUT2D eigenvalue weighted by Crippen LogP contribution is 2.09. The van der Waals surface area contributed by atoms with Crippen LogP contribution in [0.2, 0.25) is 0 Å². The minimum Gasteiger partial charge on any atom is -0.322 e. The molecule has 0 aliphatic heterocycles. The quantitative estimate of drug-likeness (QED) is 0.239. The molecule has 0 aromatic carbocycles. The van der Waals surface area contributed by atoms with Crippen LogP contribution < -0.4 is 5.73 Å². The van der Waals surface area contributed by atoms with E-state index in [4.69, 9.17) is 11.3 Å². The molecule has 24 heavy (non-hydrogen) atoms. The maximum absolute atomic E-state index is 12.2. The number of azide groups is 1. The molecule has 0 spiro atoms. The maximum atomic E-state index is 12.2. The summed E-state index contributed by atoms with van der Waals surface area (Å²) in [6.07, 6.45) is 4.58. The SMILES string of the molecule is CCCN(C(=O)CCCCC[C@H](N)C(C)=O)C(=O)CCCN=[N+]=[N-]. The first-order chi connectivity index (χ1) is 11.4. The monoisotopic (exact) mass is 339 g/mol. The Labute approximate surface area is 143 Å². The van der Waals surface area contributed by atoms with E-state index in [0.717, 1.165) is 12.8 Å². The second kappa shape index (κ2) is 13.5. The Morgan fingerprint density at radius 3 is 2.29 bits per heavy atom. The zero-order valence-electron chi connectivity index (χ0n) is 14.7. The van der Waals surface area contributed by atoms with Gasteiger partial charge in [0.15, 0.2) is 0 Å². The summed E-state index contributed by atoms with van der Waals surface area (Å²) in [5.74, 6) is -0.401. The lowest BCUT2D eigenvalue weighted by Gasteiger charge is -2.20. The van der Waals surface area contributed by atoms with Gasteiger partial charge < -0.3 is 5.73 Å². The molecule has 2 N–H and O–H groups in total. The summed E-state index contributed by atoms with van der Waals surface area (Å²) in [7, 11) is 0. The predicted octanol–water partition coefficient (Wildman–Crippen LogP) is 2.71. The van der Waals surface area contributed by atoms with Gasteiger partial charge in [-0.05, 0) is 38.1 Å². The van der Waals surface area contributed by atoms with Crippen LogP contribution in [0.4, 0.5) is 0 Å². The first kappa shape index (κ1) is 22.1. The van der Waals surface area contributed by atoms with Crippen molar-refractivity contribution >= 4 is 17.6 Å². The molecule has 8 heteroatoms. The molecule has 0 aromatic heterocycles. The number of imide groups is 1. The zero-order valence-corrected chi connectivity index (χ0v) is 14.7. The summed E-state index contributed by atoms with van der Waals surface area (Å²) < 4.78 is 0. The molecule has 0 radical (unpaired) electrons. The summed E-state index contributed by atoms with van der Waals surface area (Å²) in [4.78, 5) is 39.3. The molecule has 0 bridgehead atoms. The number of rotatable bonds is 13. The highest BCUT2D eigenvalue weighted by atomic mass is 16.2. The van der Waals surface area contributed by atoms with Gasteiger partial charge in [0.2, 0.25) is 11.8 Å². The molecule has 0 saturated heterocycles. The van der Waals surface area contributed by atoms with Crippen LogP contribution in [0.3, 0.4) is 0 Å². The number of carbonyl (C=O) groups is 3. The number of hydrogen-bond donors (Lipinski definition) is 1. The van der Waals surface area contributed by atoms with Crippen molar-refractivity contribution < 1.29 is 14.4 Å². The average molecular weight is 339 g/mol. The molecule has 0 fully saturated rings. The summed E-state index contributed by atoms with van der Waals surface area (Å²) in [6.45, 7) is 4.06. The number of carbonyl (C=O) groups excluding carboxylic acids is 3. The third-order valence-corrected chi connectivity index (χ3v) is 3.69. The Morgan fingerprint density at radius 1 is 1.12 bits per heavy atom. The number of nitrogens with zero attached hydrogens (tertiary/aromatic N) is 4. The molecule has 0 unspecified atom stereocenters. The first-order valence-corrected chi connectivity index (χ1v) is 8.54. The number of amides is 2. The van der Waals surface area contributed by atoms with Crippen molar-refractivity contribution in [3.05, 3.63) is 10.4 Å². The van der Waals surface area contributed by atoms with Gasteiger partial charge in [-0.15, -0.1) is 0 Å². The Balaban J connectivity index is 4.16. The van der Waals surface area contributed by atoms with Gasteiger partial charge in [0.25, 0.3) is 0 Å². The largest absolute Gasteiger partial charge is 0.322 e. The van der Waals surface area contributed by atoms with Crippen LogP contribution in [0, 0.1) is 0 Å². The third kappa shape index (κ3) is 9.97. The minimum absolute atomic E-state index is 0.0217. The first-order valence-electron chi connectivity index (χ1n) is 8.54. The minimum atomic E-state index is -0.421. The molecule has 0 saturated carbocycles. The van der Waals surface area contributed by atoms with Crippen molar-refractivity contribution in [1.29, 1.82) is 0 Å². The van der Waals surface area contributed by atoms with Crippen LogP contribution in [0.15, 0.2) is 5.11 Å². The van der Waals surface area contributed by atoms with E-state index in [1.54, 1.807) is 0 Å². The highest BCUT2D eigenvalue weighted by Gasteiger charge is 2.19. The van der Waals surface area contributed by atoms with Crippen molar-refractivity contribution in [2.24, 2.45) is 10.8 Å². The number of nitrogens with two attached hydrogens (primary N) is 1. The van der Waals surface area contributed by atoms with E-state index < -0.39 is 6.04 Å². The van der Waals surface area contributed by atoms with E-state index in [9.17, 15) is 14.4 Å². The van der Waals surface area contributed by atoms with E-state index in [1.165, 1.54) is 11.8 Å². The molecule has 0 rings (SSSR count). The lowest BCUT2D eigenvalue weighted by molar-refractivity contribution is -0.145. The number of Topliss-reactive ketones (excluding diaryl/α,β-unsaturated/α-hetero) is 1. The van der Waals surface area contributed by atoms with Crippen LogP contribution in [-0.2, 0) is 14.4 Å². The Morgan fingerprint density at radius 2 is 1.75 bits per heavy atom. The molecule has 0 heterocycles. The smallest absolute Gasteiger partial charge is 0.229 e. The van der Waals surface area contributed by atoms with Crippen molar-refractivity contribution in [1.82, 2.24) is 4.90 Å². The fourth-order valence-corrected chi connectivity index (χ4v) is 2.25. The number of unbranched alkanes of at least 4 members (excludes halogenated alkanes) is 2. The Kier molecular flexibility index (Phi) is 12.4. The van der Waals surface area contributed by atoms with Crippen molar-refractivity contribution in [3.8, 4) is 0 Å². The van der Waals surface area contributed by atoms with Gasteiger partial charge in [-0.3, -0.25) is 19.3 Å². The lowest BCUT2D eigenvalue weighted by Crippen LogP contribution is -2.37. The Hall–Kier alpha value is -1.92. The summed E-state index contributed by atoms with van der Waals surface area (Å²) in [5.41, 5.74) is 13.9. The van der Waals surface area contributed by atoms with Gasteiger partial charge in [-0.1, -0.05) is 24.9 Å². The van der Waals surface area contributed by atoms with Crippen LogP contribution in [0.1, 0.15) is 65.2 Å². The maximum Gasteiger partial charge on any atom is 0.229 e. The molecule has 0 aliphatic carbocycles.